The van der Waals surface area contributed by atoms with Crippen LogP contribution in [0.15, 0.2) is 30.6 Å². The van der Waals surface area contributed by atoms with E-state index in [9.17, 15) is 4.79 Å². The minimum atomic E-state index is -1.16. The fraction of sp³-hybridized carbons (Fsp3) is 0.421. The van der Waals surface area contributed by atoms with Gasteiger partial charge in [-0.3, -0.25) is 10.3 Å². The predicted molar refractivity (Wildman–Crippen MR) is 101 cm³/mol. The largest absolute Gasteiger partial charge is 0.490 e. The van der Waals surface area contributed by atoms with E-state index in [1.54, 1.807) is 18.3 Å². The van der Waals surface area contributed by atoms with Crippen LogP contribution in [-0.4, -0.2) is 33.3 Å². The number of hydrogen-bond acceptors (Lipinski definition) is 5. The number of nitrogens with two attached hydrogens (primary N) is 1. The number of amides is 1. The van der Waals surface area contributed by atoms with E-state index in [4.69, 9.17) is 15.6 Å². The highest BCUT2D eigenvalue weighted by molar-refractivity contribution is 5.82. The van der Waals surface area contributed by atoms with E-state index < -0.39 is 11.6 Å². The second kappa shape index (κ2) is 8.14. The fourth-order valence-electron chi connectivity index (χ4n) is 2.85. The minimum absolute atomic E-state index is 0.252. The number of pyridine rings is 2. The molecule has 7 nitrogen and oxygen atoms in total. The third kappa shape index (κ3) is 5.70. The molecule has 0 saturated carbocycles. The van der Waals surface area contributed by atoms with Gasteiger partial charge in [0, 0.05) is 17.3 Å². The summed E-state index contributed by atoms with van der Waals surface area (Å²) in [5, 5.41) is 11.0. The Morgan fingerprint density at radius 1 is 1.38 bits per heavy atom. The van der Waals surface area contributed by atoms with E-state index in [1.807, 2.05) is 19.9 Å². The molecular formula is C19H26N4O3. The quantitative estimate of drug-likeness (QED) is 0.696. The maximum Gasteiger partial charge on any atom is 0.410 e. The van der Waals surface area contributed by atoms with Crippen LogP contribution >= 0.6 is 0 Å². The first-order valence-electron chi connectivity index (χ1n) is 8.51. The summed E-state index contributed by atoms with van der Waals surface area (Å²) in [6.07, 6.45) is 2.91. The third-order valence-corrected chi connectivity index (χ3v) is 3.79. The molecule has 1 atom stereocenters. The lowest BCUT2D eigenvalue weighted by molar-refractivity contribution is 0.205. The van der Waals surface area contributed by atoms with E-state index in [0.29, 0.717) is 24.0 Å². The molecule has 2 heterocycles. The first kappa shape index (κ1) is 19.7. The van der Waals surface area contributed by atoms with E-state index in [-0.39, 0.29) is 5.82 Å². The van der Waals surface area contributed by atoms with Gasteiger partial charge in [-0.15, -0.1) is 0 Å². The summed E-state index contributed by atoms with van der Waals surface area (Å²) in [5.74, 6) is 1.44. The molecule has 2 rings (SSSR count). The second-order valence-electron chi connectivity index (χ2n) is 7.24. The topological polar surface area (TPSA) is 110 Å². The highest BCUT2D eigenvalue weighted by Gasteiger charge is 2.21. The molecule has 0 fully saturated rings. The van der Waals surface area contributed by atoms with Crippen LogP contribution in [0.2, 0.25) is 0 Å². The molecule has 140 valence electrons. The molecule has 0 saturated heterocycles. The standard InChI is InChI=1S/C19H26N4O3/c1-12(2)9-19(4,20)11-26-16-10-22-15(7-13(16)3)14-5-6-21-17(8-14)23-18(24)25/h5-8,10,12H,9,11,20H2,1-4H3,(H,21,23)(H,24,25). The van der Waals surface area contributed by atoms with Crippen molar-refractivity contribution in [1.82, 2.24) is 9.97 Å². The average Bonchev–Trinajstić information content (AvgIpc) is 2.52. The lowest BCUT2D eigenvalue weighted by atomic mass is 9.93. The summed E-state index contributed by atoms with van der Waals surface area (Å²) < 4.78 is 5.88. The van der Waals surface area contributed by atoms with Crippen LogP contribution in [0.5, 0.6) is 5.75 Å². The summed E-state index contributed by atoms with van der Waals surface area (Å²) in [6.45, 7) is 8.60. The van der Waals surface area contributed by atoms with Gasteiger partial charge in [0.25, 0.3) is 0 Å². The van der Waals surface area contributed by atoms with E-state index in [2.05, 4.69) is 29.1 Å². The van der Waals surface area contributed by atoms with Gasteiger partial charge in [-0.25, -0.2) is 9.78 Å². The Balaban J connectivity index is 2.13. The number of carboxylic acid groups (broad SMARTS) is 1. The first-order chi connectivity index (χ1) is 12.2. The van der Waals surface area contributed by atoms with E-state index >= 15 is 0 Å². The van der Waals surface area contributed by atoms with Crippen LogP contribution < -0.4 is 15.8 Å². The molecule has 0 bridgehead atoms. The van der Waals surface area contributed by atoms with Crippen molar-refractivity contribution in [2.75, 3.05) is 11.9 Å². The van der Waals surface area contributed by atoms with Crippen molar-refractivity contribution in [2.45, 2.75) is 39.7 Å². The Hall–Kier alpha value is -2.67. The predicted octanol–water partition coefficient (Wildman–Crippen LogP) is 3.68. The smallest absolute Gasteiger partial charge is 0.410 e. The van der Waals surface area contributed by atoms with Crippen LogP contribution in [0.25, 0.3) is 11.3 Å². The average molecular weight is 358 g/mol. The number of anilines is 1. The number of aryl methyl sites for hydroxylation is 1. The molecule has 2 aromatic rings. The van der Waals surface area contributed by atoms with Gasteiger partial charge in [-0.05, 0) is 49.9 Å². The number of rotatable bonds is 7. The number of nitrogens with one attached hydrogen (secondary N) is 1. The van der Waals surface area contributed by atoms with Crippen molar-refractivity contribution >= 4 is 11.9 Å². The Labute approximate surface area is 153 Å². The second-order valence-corrected chi connectivity index (χ2v) is 7.24. The maximum absolute atomic E-state index is 10.7. The molecule has 2 aromatic heterocycles. The molecule has 1 amide bonds. The van der Waals surface area contributed by atoms with Gasteiger partial charge >= 0.3 is 6.09 Å². The highest BCUT2D eigenvalue weighted by atomic mass is 16.5. The molecule has 0 aromatic carbocycles. The fourth-order valence-corrected chi connectivity index (χ4v) is 2.85. The Morgan fingerprint density at radius 2 is 2.12 bits per heavy atom. The van der Waals surface area contributed by atoms with E-state index in [0.717, 1.165) is 17.5 Å². The van der Waals surface area contributed by atoms with Gasteiger partial charge in [-0.2, -0.15) is 0 Å². The van der Waals surface area contributed by atoms with Crippen molar-refractivity contribution in [2.24, 2.45) is 11.7 Å². The van der Waals surface area contributed by atoms with Crippen LogP contribution in [0.3, 0.4) is 0 Å². The molecule has 0 spiro atoms. The molecule has 26 heavy (non-hydrogen) atoms. The SMILES string of the molecule is Cc1cc(-c2ccnc(NC(=O)O)c2)ncc1OCC(C)(N)CC(C)C. The third-order valence-electron chi connectivity index (χ3n) is 3.79. The number of ether oxygens (including phenoxy) is 1. The molecule has 0 aliphatic carbocycles. The Morgan fingerprint density at radius 3 is 2.73 bits per heavy atom. The number of hydrogen-bond donors (Lipinski definition) is 3. The first-order valence-corrected chi connectivity index (χ1v) is 8.51. The summed E-state index contributed by atoms with van der Waals surface area (Å²) in [4.78, 5) is 19.1. The Kier molecular flexibility index (Phi) is 6.15. The zero-order chi connectivity index (χ0) is 19.3. The molecule has 0 aliphatic heterocycles. The van der Waals surface area contributed by atoms with E-state index in [1.165, 1.54) is 6.20 Å². The van der Waals surface area contributed by atoms with Gasteiger partial charge in [0.15, 0.2) is 0 Å². The van der Waals surface area contributed by atoms with Gasteiger partial charge in [-0.1, -0.05) is 13.8 Å². The minimum Gasteiger partial charge on any atom is -0.490 e. The number of carbonyl (C=O) groups is 1. The molecule has 7 heteroatoms. The van der Waals surface area contributed by atoms with Crippen molar-refractivity contribution < 1.29 is 14.6 Å². The Bertz CT molecular complexity index is 775. The summed E-state index contributed by atoms with van der Waals surface area (Å²) in [5.41, 5.74) is 8.29. The number of aromatic nitrogens is 2. The maximum atomic E-state index is 10.7. The van der Waals surface area contributed by atoms with Crippen LogP contribution in [0, 0.1) is 12.8 Å². The molecule has 1 unspecified atom stereocenters. The molecule has 4 N–H and O–H groups in total. The summed E-state index contributed by atoms with van der Waals surface area (Å²) in [6, 6.07) is 5.30. The van der Waals surface area contributed by atoms with Gasteiger partial charge < -0.3 is 15.6 Å². The van der Waals surface area contributed by atoms with Crippen LogP contribution in [0.1, 0.15) is 32.8 Å². The zero-order valence-electron chi connectivity index (χ0n) is 15.6. The lowest BCUT2D eigenvalue weighted by Gasteiger charge is -2.27. The lowest BCUT2D eigenvalue weighted by Crippen LogP contribution is -2.43. The van der Waals surface area contributed by atoms with Crippen molar-refractivity contribution in [3.05, 3.63) is 36.2 Å². The molecule has 0 radical (unpaired) electrons. The van der Waals surface area contributed by atoms with Gasteiger partial charge in [0.1, 0.15) is 18.2 Å². The molecular weight excluding hydrogens is 332 g/mol. The monoisotopic (exact) mass is 358 g/mol. The van der Waals surface area contributed by atoms with Crippen molar-refractivity contribution in [1.29, 1.82) is 0 Å². The zero-order valence-corrected chi connectivity index (χ0v) is 15.6. The van der Waals surface area contributed by atoms with Crippen molar-refractivity contribution in [3.8, 4) is 17.0 Å². The van der Waals surface area contributed by atoms with Crippen LogP contribution in [-0.2, 0) is 0 Å². The molecule has 0 aliphatic rings. The van der Waals surface area contributed by atoms with Crippen LogP contribution in [0.4, 0.5) is 10.6 Å². The van der Waals surface area contributed by atoms with Gasteiger partial charge in [0.2, 0.25) is 0 Å². The highest BCUT2D eigenvalue weighted by Crippen LogP contribution is 2.25. The number of nitrogens with zero attached hydrogens (tertiary/aromatic N) is 2. The normalized spacial score (nSPS) is 13.3. The summed E-state index contributed by atoms with van der Waals surface area (Å²) >= 11 is 0. The summed E-state index contributed by atoms with van der Waals surface area (Å²) in [7, 11) is 0. The van der Waals surface area contributed by atoms with Gasteiger partial charge in [0.05, 0.1) is 11.9 Å². The van der Waals surface area contributed by atoms with Crippen molar-refractivity contribution in [3.63, 3.8) is 0 Å².